The Balaban J connectivity index is 2.06. The number of likely N-dealkylation sites (N-methyl/N-ethyl adjacent to an activating group) is 1. The number of carbonyl (C=O) groups is 2. The number of benzene rings is 2. The predicted molar refractivity (Wildman–Crippen MR) is 94.0 cm³/mol. The summed E-state index contributed by atoms with van der Waals surface area (Å²) in [6, 6.07) is 13.3. The van der Waals surface area contributed by atoms with Gasteiger partial charge >= 0.3 is 0 Å². The molecule has 0 spiro atoms. The number of para-hydroxylation sites is 1. The number of fused-ring (bicyclic) bond motifs is 1. The van der Waals surface area contributed by atoms with Crippen LogP contribution in [0, 0.1) is 12.7 Å². The van der Waals surface area contributed by atoms with E-state index < -0.39 is 0 Å². The molecule has 0 saturated heterocycles. The van der Waals surface area contributed by atoms with Gasteiger partial charge in [0.05, 0.1) is 11.1 Å². The summed E-state index contributed by atoms with van der Waals surface area (Å²) >= 11 is 0. The Hall–Kier alpha value is -3.21. The third-order valence-electron chi connectivity index (χ3n) is 4.56. The summed E-state index contributed by atoms with van der Waals surface area (Å²) < 4.78 is 13.3. The molecule has 3 aromatic rings. The Morgan fingerprint density at radius 2 is 1.56 bits per heavy atom. The first-order valence-electron chi connectivity index (χ1n) is 7.89. The van der Waals surface area contributed by atoms with E-state index >= 15 is 0 Å². The first-order valence-corrected chi connectivity index (χ1v) is 7.89. The maximum Gasteiger partial charge on any atom is 0.262 e. The molecular weight excluding hydrogens is 319 g/mol. The van der Waals surface area contributed by atoms with Gasteiger partial charge in [-0.2, -0.15) is 0 Å². The first-order chi connectivity index (χ1) is 12.0. The fourth-order valence-electron chi connectivity index (χ4n) is 3.36. The molecule has 0 radical (unpaired) electrons. The van der Waals surface area contributed by atoms with Crippen LogP contribution in [0.5, 0.6) is 0 Å². The van der Waals surface area contributed by atoms with Crippen molar-refractivity contribution in [3.8, 4) is 0 Å². The van der Waals surface area contributed by atoms with Crippen LogP contribution in [0.4, 0.5) is 4.39 Å². The number of hydrogen-bond donors (Lipinski definition) is 1. The Labute approximate surface area is 143 Å². The lowest BCUT2D eigenvalue weighted by atomic mass is 9.94. The molecule has 124 valence electrons. The average Bonchev–Trinajstić information content (AvgIpc) is 3.04. The highest BCUT2D eigenvalue weighted by Gasteiger charge is 2.38. The molecule has 4 nitrogen and oxygen atoms in total. The molecule has 1 aliphatic rings. The van der Waals surface area contributed by atoms with Crippen LogP contribution in [-0.2, 0) is 9.59 Å². The number of nitrogens with one attached hydrogen (secondary N) is 1. The summed E-state index contributed by atoms with van der Waals surface area (Å²) in [5, 5.41) is 0.881. The molecule has 25 heavy (non-hydrogen) atoms. The Kier molecular flexibility index (Phi) is 3.32. The molecule has 0 saturated carbocycles. The number of carbonyl (C=O) groups excluding carboxylic acids is 2. The maximum absolute atomic E-state index is 13.3. The number of aromatic amines is 1. The van der Waals surface area contributed by atoms with E-state index in [0.717, 1.165) is 27.1 Å². The van der Waals surface area contributed by atoms with E-state index in [4.69, 9.17) is 0 Å². The molecule has 2 amide bonds. The second-order valence-electron chi connectivity index (χ2n) is 6.10. The van der Waals surface area contributed by atoms with E-state index in [9.17, 15) is 14.0 Å². The number of H-pyrrole nitrogens is 1. The standard InChI is InChI=1S/C20H15FN2O2/c1-11-16(14-5-3-4-6-15(14)22-11)18-17(19(24)23(2)20(18)25)12-7-9-13(21)10-8-12/h3-10,22H,1-2H3. The lowest BCUT2D eigenvalue weighted by molar-refractivity contribution is -0.134. The van der Waals surface area contributed by atoms with E-state index in [1.807, 2.05) is 31.2 Å². The van der Waals surface area contributed by atoms with Crippen molar-refractivity contribution >= 4 is 33.9 Å². The van der Waals surface area contributed by atoms with Gasteiger partial charge in [-0.25, -0.2) is 4.39 Å². The van der Waals surface area contributed by atoms with Crippen molar-refractivity contribution in [1.29, 1.82) is 0 Å². The van der Waals surface area contributed by atoms with Gasteiger partial charge < -0.3 is 4.98 Å². The smallest absolute Gasteiger partial charge is 0.262 e. The van der Waals surface area contributed by atoms with Gasteiger partial charge in [-0.05, 0) is 30.7 Å². The molecule has 0 atom stereocenters. The van der Waals surface area contributed by atoms with E-state index in [2.05, 4.69) is 4.98 Å². The quantitative estimate of drug-likeness (QED) is 0.729. The minimum absolute atomic E-state index is 0.306. The summed E-state index contributed by atoms with van der Waals surface area (Å²) in [7, 11) is 1.46. The highest BCUT2D eigenvalue weighted by atomic mass is 19.1. The summed E-state index contributed by atoms with van der Waals surface area (Å²) in [6.07, 6.45) is 0. The third-order valence-corrected chi connectivity index (χ3v) is 4.56. The maximum atomic E-state index is 13.3. The van der Waals surface area contributed by atoms with Crippen molar-refractivity contribution in [2.75, 3.05) is 7.05 Å². The lowest BCUT2D eigenvalue weighted by Gasteiger charge is -2.06. The van der Waals surface area contributed by atoms with Crippen LogP contribution >= 0.6 is 0 Å². The van der Waals surface area contributed by atoms with E-state index in [1.165, 1.54) is 31.3 Å². The molecule has 0 bridgehead atoms. The largest absolute Gasteiger partial charge is 0.358 e. The number of rotatable bonds is 2. The zero-order valence-corrected chi connectivity index (χ0v) is 13.8. The Morgan fingerprint density at radius 3 is 2.28 bits per heavy atom. The van der Waals surface area contributed by atoms with Gasteiger partial charge in [-0.1, -0.05) is 30.3 Å². The second-order valence-corrected chi connectivity index (χ2v) is 6.10. The first kappa shape index (κ1) is 15.3. The van der Waals surface area contributed by atoms with Crippen molar-refractivity contribution in [3.05, 3.63) is 71.2 Å². The van der Waals surface area contributed by atoms with Gasteiger partial charge in [0.25, 0.3) is 11.8 Å². The van der Waals surface area contributed by atoms with Crippen LogP contribution in [0.25, 0.3) is 22.0 Å². The number of halogens is 1. The van der Waals surface area contributed by atoms with Crippen LogP contribution in [0.15, 0.2) is 48.5 Å². The van der Waals surface area contributed by atoms with Gasteiger partial charge in [0, 0.05) is 29.2 Å². The molecule has 0 unspecified atom stereocenters. The summed E-state index contributed by atoms with van der Waals surface area (Å²) in [5.41, 5.74) is 3.62. The van der Waals surface area contributed by atoms with E-state index in [1.54, 1.807) is 0 Å². The minimum Gasteiger partial charge on any atom is -0.358 e. The van der Waals surface area contributed by atoms with Crippen molar-refractivity contribution in [2.45, 2.75) is 6.92 Å². The summed E-state index contributed by atoms with van der Waals surface area (Å²) in [4.78, 5) is 29.9. The zero-order valence-electron chi connectivity index (χ0n) is 13.8. The fourth-order valence-corrected chi connectivity index (χ4v) is 3.36. The van der Waals surface area contributed by atoms with Crippen LogP contribution in [0.2, 0.25) is 0 Å². The molecule has 1 aliphatic heterocycles. The second kappa shape index (κ2) is 5.41. The SMILES string of the molecule is Cc1[nH]c2ccccc2c1C1=C(c2ccc(F)cc2)C(=O)N(C)C1=O. The van der Waals surface area contributed by atoms with E-state index in [-0.39, 0.29) is 17.6 Å². The molecule has 5 heteroatoms. The molecule has 2 heterocycles. The predicted octanol–water partition coefficient (Wildman–Crippen LogP) is 3.52. The van der Waals surface area contributed by atoms with Crippen molar-refractivity contribution in [1.82, 2.24) is 9.88 Å². The van der Waals surface area contributed by atoms with Gasteiger partial charge in [-0.15, -0.1) is 0 Å². The van der Waals surface area contributed by atoms with Crippen molar-refractivity contribution < 1.29 is 14.0 Å². The Bertz CT molecular complexity index is 1060. The van der Waals surface area contributed by atoms with Crippen molar-refractivity contribution in [2.24, 2.45) is 0 Å². The summed E-state index contributed by atoms with van der Waals surface area (Å²) in [6.45, 7) is 1.88. The van der Waals surface area contributed by atoms with Crippen LogP contribution in [0.1, 0.15) is 16.8 Å². The van der Waals surface area contributed by atoms with Crippen molar-refractivity contribution in [3.63, 3.8) is 0 Å². The summed E-state index contributed by atoms with van der Waals surface area (Å²) in [5.74, 6) is -1.12. The number of nitrogens with zero attached hydrogens (tertiary/aromatic N) is 1. The minimum atomic E-state index is -0.390. The Morgan fingerprint density at radius 1 is 0.920 bits per heavy atom. The number of aryl methyl sites for hydroxylation is 1. The van der Waals surface area contributed by atoms with Gasteiger partial charge in [-0.3, -0.25) is 14.5 Å². The van der Waals surface area contributed by atoms with E-state index in [0.29, 0.717) is 16.7 Å². The average molecular weight is 334 g/mol. The van der Waals surface area contributed by atoms with Gasteiger partial charge in [0.1, 0.15) is 5.82 Å². The zero-order chi connectivity index (χ0) is 17.7. The third kappa shape index (κ3) is 2.20. The molecule has 4 rings (SSSR count). The van der Waals surface area contributed by atoms with Gasteiger partial charge in [0.15, 0.2) is 0 Å². The highest BCUT2D eigenvalue weighted by Crippen LogP contribution is 2.39. The van der Waals surface area contributed by atoms with Crippen LogP contribution in [-0.4, -0.2) is 28.7 Å². The highest BCUT2D eigenvalue weighted by molar-refractivity contribution is 6.49. The van der Waals surface area contributed by atoms with Gasteiger partial charge in [0.2, 0.25) is 0 Å². The number of imide groups is 1. The number of aromatic nitrogens is 1. The fraction of sp³-hybridized carbons (Fsp3) is 0.100. The molecule has 0 aliphatic carbocycles. The topological polar surface area (TPSA) is 53.2 Å². The number of amides is 2. The molecule has 1 N–H and O–H groups in total. The molecule has 0 fully saturated rings. The molecule has 2 aromatic carbocycles. The lowest BCUT2D eigenvalue weighted by Crippen LogP contribution is -2.26. The monoisotopic (exact) mass is 334 g/mol. The normalized spacial score (nSPS) is 14.9. The molecule has 1 aromatic heterocycles. The number of hydrogen-bond acceptors (Lipinski definition) is 2. The molecular formula is C20H15FN2O2. The van der Waals surface area contributed by atoms with Crippen LogP contribution < -0.4 is 0 Å². The van der Waals surface area contributed by atoms with Crippen LogP contribution in [0.3, 0.4) is 0 Å².